The van der Waals surface area contributed by atoms with Crippen LogP contribution in [0.2, 0.25) is 0 Å². The number of carbonyl (C=O) groups excluding carboxylic acids is 1. The van der Waals surface area contributed by atoms with E-state index in [0.717, 1.165) is 37.4 Å². The Kier molecular flexibility index (Phi) is 7.65. The average molecular weight is 427 g/mol. The molecule has 1 aliphatic heterocycles. The molecule has 2 aromatic carbocycles. The van der Waals surface area contributed by atoms with Gasteiger partial charge in [0.1, 0.15) is 0 Å². The lowest BCUT2D eigenvalue weighted by atomic mass is 10.1. The minimum absolute atomic E-state index is 0.312. The zero-order valence-electron chi connectivity index (χ0n) is 17.9. The van der Waals surface area contributed by atoms with E-state index in [1.54, 1.807) is 19.1 Å². The molecule has 0 aromatic heterocycles. The summed E-state index contributed by atoms with van der Waals surface area (Å²) in [6.07, 6.45) is 0. The first-order chi connectivity index (χ1) is 14.5. The van der Waals surface area contributed by atoms with E-state index in [1.807, 2.05) is 13.0 Å². The normalized spacial score (nSPS) is 14.3. The second-order valence-corrected chi connectivity index (χ2v) is 7.92. The van der Waals surface area contributed by atoms with Crippen LogP contribution in [0.15, 0.2) is 42.5 Å². The number of nitrogens with one attached hydrogen (secondary N) is 2. The van der Waals surface area contributed by atoms with Crippen molar-refractivity contribution in [2.75, 3.05) is 50.1 Å². The molecule has 0 amide bonds. The van der Waals surface area contributed by atoms with Gasteiger partial charge in [-0.25, -0.2) is 4.79 Å². The first-order valence-corrected chi connectivity index (χ1v) is 10.7. The van der Waals surface area contributed by atoms with Crippen molar-refractivity contribution >= 4 is 34.7 Å². The Balaban J connectivity index is 1.50. The quantitative estimate of drug-likeness (QED) is 0.542. The van der Waals surface area contributed by atoms with Gasteiger partial charge in [-0.1, -0.05) is 12.1 Å². The molecule has 0 bridgehead atoms. The molecule has 0 radical (unpaired) electrons. The SMILES string of the molecule is CCOC(=O)c1ccc(NC(=S)NCc2ccc(N3CCN(C)CC3)cc2)c(C)c1. The fourth-order valence-electron chi connectivity index (χ4n) is 3.38. The van der Waals surface area contributed by atoms with Crippen LogP contribution in [0.4, 0.5) is 11.4 Å². The average Bonchev–Trinajstić information content (AvgIpc) is 2.75. The summed E-state index contributed by atoms with van der Waals surface area (Å²) >= 11 is 5.43. The Labute approximate surface area is 184 Å². The maximum atomic E-state index is 11.8. The summed E-state index contributed by atoms with van der Waals surface area (Å²) in [5.41, 5.74) is 4.78. The van der Waals surface area contributed by atoms with Crippen LogP contribution in [0, 0.1) is 6.92 Å². The van der Waals surface area contributed by atoms with Crippen molar-refractivity contribution in [1.29, 1.82) is 0 Å². The topological polar surface area (TPSA) is 56.8 Å². The van der Waals surface area contributed by atoms with E-state index in [0.29, 0.717) is 23.8 Å². The molecule has 7 heteroatoms. The molecule has 160 valence electrons. The van der Waals surface area contributed by atoms with Crippen molar-refractivity contribution in [2.45, 2.75) is 20.4 Å². The predicted molar refractivity (Wildman–Crippen MR) is 126 cm³/mol. The lowest BCUT2D eigenvalue weighted by Crippen LogP contribution is -2.44. The largest absolute Gasteiger partial charge is 0.462 e. The van der Waals surface area contributed by atoms with Gasteiger partial charge in [0.2, 0.25) is 0 Å². The van der Waals surface area contributed by atoms with Crippen LogP contribution in [0.1, 0.15) is 28.4 Å². The number of rotatable bonds is 6. The predicted octanol–water partition coefficient (Wildman–Crippen LogP) is 3.41. The van der Waals surface area contributed by atoms with E-state index in [9.17, 15) is 4.79 Å². The highest BCUT2D eigenvalue weighted by Crippen LogP contribution is 2.18. The van der Waals surface area contributed by atoms with Crippen molar-refractivity contribution in [3.05, 3.63) is 59.2 Å². The summed E-state index contributed by atoms with van der Waals surface area (Å²) in [7, 11) is 2.17. The molecule has 0 saturated carbocycles. The smallest absolute Gasteiger partial charge is 0.338 e. The monoisotopic (exact) mass is 426 g/mol. The molecule has 2 N–H and O–H groups in total. The molecule has 3 rings (SSSR count). The number of hydrogen-bond donors (Lipinski definition) is 2. The summed E-state index contributed by atoms with van der Waals surface area (Å²) in [5, 5.41) is 6.99. The standard InChI is InChI=1S/C23H30N4O2S/c1-4-29-22(28)19-7-10-21(17(2)15-19)25-23(30)24-16-18-5-8-20(9-6-18)27-13-11-26(3)12-14-27/h5-10,15H,4,11-14,16H2,1-3H3,(H2,24,25,30). The molecule has 1 aliphatic rings. The van der Waals surface area contributed by atoms with E-state index >= 15 is 0 Å². The van der Waals surface area contributed by atoms with Crippen LogP contribution in [0.5, 0.6) is 0 Å². The third-order valence-corrected chi connectivity index (χ3v) is 5.49. The molecule has 0 unspecified atom stereocenters. The van der Waals surface area contributed by atoms with Crippen LogP contribution in [0.3, 0.4) is 0 Å². The first kappa shape index (κ1) is 22.1. The van der Waals surface area contributed by atoms with E-state index < -0.39 is 0 Å². The maximum Gasteiger partial charge on any atom is 0.338 e. The molecule has 30 heavy (non-hydrogen) atoms. The molecule has 1 fully saturated rings. The van der Waals surface area contributed by atoms with Crippen LogP contribution < -0.4 is 15.5 Å². The lowest BCUT2D eigenvalue weighted by molar-refractivity contribution is 0.0526. The summed E-state index contributed by atoms with van der Waals surface area (Å²) in [4.78, 5) is 16.6. The van der Waals surface area contributed by atoms with Gasteiger partial charge in [0.15, 0.2) is 5.11 Å². The van der Waals surface area contributed by atoms with Gasteiger partial charge >= 0.3 is 5.97 Å². The molecule has 0 spiro atoms. The van der Waals surface area contributed by atoms with Gasteiger partial charge in [-0.05, 0) is 74.6 Å². The number of ether oxygens (including phenoxy) is 1. The van der Waals surface area contributed by atoms with Gasteiger partial charge < -0.3 is 25.2 Å². The van der Waals surface area contributed by atoms with Crippen molar-refractivity contribution in [1.82, 2.24) is 10.2 Å². The van der Waals surface area contributed by atoms with Crippen molar-refractivity contribution in [2.24, 2.45) is 0 Å². The van der Waals surface area contributed by atoms with E-state index in [2.05, 4.69) is 51.7 Å². The number of likely N-dealkylation sites (N-methyl/N-ethyl adjacent to an activating group) is 1. The summed E-state index contributed by atoms with van der Waals surface area (Å²) < 4.78 is 5.04. The molecule has 0 aliphatic carbocycles. The van der Waals surface area contributed by atoms with Crippen LogP contribution in [-0.4, -0.2) is 55.8 Å². The number of hydrogen-bond acceptors (Lipinski definition) is 5. The molecule has 1 heterocycles. The van der Waals surface area contributed by atoms with Gasteiger partial charge in [-0.3, -0.25) is 0 Å². The highest BCUT2D eigenvalue weighted by atomic mass is 32.1. The number of nitrogens with zero attached hydrogens (tertiary/aromatic N) is 2. The van der Waals surface area contributed by atoms with Crippen LogP contribution in [0.25, 0.3) is 0 Å². The molecular formula is C23H30N4O2S. The Morgan fingerprint density at radius 1 is 1.10 bits per heavy atom. The zero-order valence-corrected chi connectivity index (χ0v) is 18.7. The van der Waals surface area contributed by atoms with Crippen LogP contribution >= 0.6 is 12.2 Å². The van der Waals surface area contributed by atoms with Crippen LogP contribution in [-0.2, 0) is 11.3 Å². The third-order valence-electron chi connectivity index (χ3n) is 5.24. The third kappa shape index (κ3) is 5.93. The molecule has 0 atom stereocenters. The van der Waals surface area contributed by atoms with Crippen molar-refractivity contribution < 1.29 is 9.53 Å². The number of benzene rings is 2. The second kappa shape index (κ2) is 10.4. The molecule has 2 aromatic rings. The summed E-state index contributed by atoms with van der Waals surface area (Å²) in [6.45, 7) is 9.08. The van der Waals surface area contributed by atoms with Gasteiger partial charge in [0.25, 0.3) is 0 Å². The van der Waals surface area contributed by atoms with Gasteiger partial charge in [-0.15, -0.1) is 0 Å². The minimum atomic E-state index is -0.312. The summed E-state index contributed by atoms with van der Waals surface area (Å²) in [6, 6.07) is 14.0. The Hall–Kier alpha value is -2.64. The fourth-order valence-corrected chi connectivity index (χ4v) is 3.57. The molecule has 6 nitrogen and oxygen atoms in total. The second-order valence-electron chi connectivity index (χ2n) is 7.51. The number of piperazine rings is 1. The Morgan fingerprint density at radius 2 is 1.80 bits per heavy atom. The van der Waals surface area contributed by atoms with Gasteiger partial charge in [0, 0.05) is 44.1 Å². The van der Waals surface area contributed by atoms with E-state index in [1.165, 1.54) is 11.3 Å². The van der Waals surface area contributed by atoms with Crippen molar-refractivity contribution in [3.63, 3.8) is 0 Å². The summed E-state index contributed by atoms with van der Waals surface area (Å²) in [5.74, 6) is -0.312. The van der Waals surface area contributed by atoms with Gasteiger partial charge in [0.05, 0.1) is 12.2 Å². The highest BCUT2D eigenvalue weighted by Gasteiger charge is 2.14. The maximum absolute atomic E-state index is 11.8. The van der Waals surface area contributed by atoms with E-state index in [-0.39, 0.29) is 5.97 Å². The first-order valence-electron chi connectivity index (χ1n) is 10.3. The zero-order chi connectivity index (χ0) is 21.5. The van der Waals surface area contributed by atoms with Gasteiger partial charge in [-0.2, -0.15) is 0 Å². The molecular weight excluding hydrogens is 396 g/mol. The molecule has 1 saturated heterocycles. The number of aryl methyl sites for hydroxylation is 1. The Morgan fingerprint density at radius 3 is 2.43 bits per heavy atom. The number of esters is 1. The lowest BCUT2D eigenvalue weighted by Gasteiger charge is -2.34. The van der Waals surface area contributed by atoms with E-state index in [4.69, 9.17) is 17.0 Å². The number of carbonyl (C=O) groups is 1. The highest BCUT2D eigenvalue weighted by molar-refractivity contribution is 7.80. The fraction of sp³-hybridized carbons (Fsp3) is 0.391. The number of anilines is 2. The minimum Gasteiger partial charge on any atom is -0.462 e. The Bertz CT molecular complexity index is 877. The number of thiocarbonyl (C=S) groups is 1. The van der Waals surface area contributed by atoms with Crippen molar-refractivity contribution in [3.8, 4) is 0 Å².